The van der Waals surface area contributed by atoms with Crippen molar-refractivity contribution in [3.63, 3.8) is 0 Å². The Labute approximate surface area is 110 Å². The number of nitrogens with zero attached hydrogens (tertiary/aromatic N) is 1. The molecule has 1 aromatic rings. The highest BCUT2D eigenvalue weighted by atomic mass is 16.5. The van der Waals surface area contributed by atoms with Crippen LogP contribution < -0.4 is 0 Å². The second-order valence-corrected chi connectivity index (χ2v) is 4.98. The lowest BCUT2D eigenvalue weighted by Crippen LogP contribution is -2.36. The van der Waals surface area contributed by atoms with Crippen molar-refractivity contribution in [3.05, 3.63) is 35.4 Å². The Morgan fingerprint density at radius 1 is 1.33 bits per heavy atom. The quantitative estimate of drug-likeness (QED) is 0.803. The fraction of sp³-hybridized carbons (Fsp3) is 0.533. The van der Waals surface area contributed by atoms with Gasteiger partial charge in [0.15, 0.2) is 0 Å². The maximum absolute atomic E-state index is 12.0. The van der Waals surface area contributed by atoms with Crippen LogP contribution in [0.4, 0.5) is 0 Å². The lowest BCUT2D eigenvalue weighted by Gasteiger charge is -2.32. The molecule has 0 N–H and O–H groups in total. The van der Waals surface area contributed by atoms with Gasteiger partial charge in [-0.3, -0.25) is 4.79 Å². The van der Waals surface area contributed by atoms with Crippen molar-refractivity contribution in [1.82, 2.24) is 4.90 Å². The van der Waals surface area contributed by atoms with E-state index in [1.165, 1.54) is 11.1 Å². The minimum absolute atomic E-state index is 0.0134. The zero-order valence-electron chi connectivity index (χ0n) is 11.9. The first-order chi connectivity index (χ1) is 8.49. The van der Waals surface area contributed by atoms with Crippen LogP contribution in [0, 0.1) is 12.8 Å². The first-order valence-corrected chi connectivity index (χ1v) is 6.29. The minimum atomic E-state index is 0.0134. The topological polar surface area (TPSA) is 29.5 Å². The molecule has 0 aliphatic rings. The van der Waals surface area contributed by atoms with E-state index in [4.69, 9.17) is 4.74 Å². The molecule has 0 unspecified atom stereocenters. The smallest absolute Gasteiger partial charge is 0.248 e. The van der Waals surface area contributed by atoms with Crippen LogP contribution in [0.5, 0.6) is 0 Å². The molecular weight excluding hydrogens is 226 g/mol. The standard InChI is InChI=1S/C15H23NO2/c1-11(2)15(16(4)14(17)10-18-5)13-9-7-6-8-12(13)3/h6-9,11,15H,10H2,1-5H3/t15-/m0/s1. The number of amides is 1. The van der Waals surface area contributed by atoms with Crippen LogP contribution in [0.15, 0.2) is 24.3 Å². The molecule has 0 saturated carbocycles. The van der Waals surface area contributed by atoms with Gasteiger partial charge in [-0.15, -0.1) is 0 Å². The van der Waals surface area contributed by atoms with E-state index in [1.807, 2.05) is 19.2 Å². The van der Waals surface area contributed by atoms with Crippen LogP contribution in [0.1, 0.15) is 31.0 Å². The molecular formula is C15H23NO2. The van der Waals surface area contributed by atoms with E-state index in [1.54, 1.807) is 12.0 Å². The second kappa shape index (κ2) is 6.55. The highest BCUT2D eigenvalue weighted by molar-refractivity contribution is 5.77. The molecule has 0 heterocycles. The number of rotatable bonds is 5. The van der Waals surface area contributed by atoms with E-state index >= 15 is 0 Å². The molecule has 0 aliphatic carbocycles. The van der Waals surface area contributed by atoms with Gasteiger partial charge in [0.05, 0.1) is 6.04 Å². The van der Waals surface area contributed by atoms with Crippen LogP contribution in [0.25, 0.3) is 0 Å². The zero-order chi connectivity index (χ0) is 13.7. The molecule has 1 amide bonds. The third-order valence-electron chi connectivity index (χ3n) is 3.22. The van der Waals surface area contributed by atoms with E-state index in [0.717, 1.165) is 0 Å². The maximum Gasteiger partial charge on any atom is 0.248 e. The number of hydrogen-bond donors (Lipinski definition) is 0. The van der Waals surface area contributed by atoms with Crippen molar-refractivity contribution >= 4 is 5.91 Å². The molecule has 0 fully saturated rings. The molecule has 1 aromatic carbocycles. The largest absolute Gasteiger partial charge is 0.375 e. The molecule has 18 heavy (non-hydrogen) atoms. The lowest BCUT2D eigenvalue weighted by molar-refractivity contribution is -0.137. The fourth-order valence-corrected chi connectivity index (χ4v) is 2.31. The van der Waals surface area contributed by atoms with Crippen LogP contribution in [-0.2, 0) is 9.53 Å². The number of aryl methyl sites for hydroxylation is 1. The Hall–Kier alpha value is -1.35. The summed E-state index contributed by atoms with van der Waals surface area (Å²) in [5, 5.41) is 0. The number of carbonyl (C=O) groups excluding carboxylic acids is 1. The highest BCUT2D eigenvalue weighted by Crippen LogP contribution is 2.29. The van der Waals surface area contributed by atoms with Gasteiger partial charge >= 0.3 is 0 Å². The number of ether oxygens (including phenoxy) is 1. The van der Waals surface area contributed by atoms with E-state index < -0.39 is 0 Å². The third-order valence-corrected chi connectivity index (χ3v) is 3.22. The number of carbonyl (C=O) groups is 1. The number of benzene rings is 1. The van der Waals surface area contributed by atoms with Crippen LogP contribution in [0.3, 0.4) is 0 Å². The van der Waals surface area contributed by atoms with Crippen molar-refractivity contribution < 1.29 is 9.53 Å². The molecule has 1 atom stereocenters. The Bertz CT molecular complexity index is 401. The summed E-state index contributed by atoms with van der Waals surface area (Å²) in [6.07, 6.45) is 0. The van der Waals surface area contributed by atoms with Gasteiger partial charge in [-0.2, -0.15) is 0 Å². The number of methoxy groups -OCH3 is 1. The van der Waals surface area contributed by atoms with Crippen molar-refractivity contribution in [2.45, 2.75) is 26.8 Å². The van der Waals surface area contributed by atoms with Gasteiger partial charge in [0.2, 0.25) is 5.91 Å². The summed E-state index contributed by atoms with van der Waals surface area (Å²) < 4.78 is 4.93. The van der Waals surface area contributed by atoms with Crippen molar-refractivity contribution in [2.24, 2.45) is 5.92 Å². The van der Waals surface area contributed by atoms with Gasteiger partial charge < -0.3 is 9.64 Å². The molecule has 0 radical (unpaired) electrons. The van der Waals surface area contributed by atoms with Gasteiger partial charge in [-0.1, -0.05) is 38.1 Å². The van der Waals surface area contributed by atoms with Crippen molar-refractivity contribution in [1.29, 1.82) is 0 Å². The summed E-state index contributed by atoms with van der Waals surface area (Å²) in [6.45, 7) is 6.48. The minimum Gasteiger partial charge on any atom is -0.375 e. The second-order valence-electron chi connectivity index (χ2n) is 4.98. The summed E-state index contributed by atoms with van der Waals surface area (Å²) in [5.41, 5.74) is 2.42. The number of hydrogen-bond acceptors (Lipinski definition) is 2. The Morgan fingerprint density at radius 2 is 1.94 bits per heavy atom. The fourth-order valence-electron chi connectivity index (χ4n) is 2.31. The van der Waals surface area contributed by atoms with E-state index in [0.29, 0.717) is 5.92 Å². The van der Waals surface area contributed by atoms with Crippen LogP contribution in [0.2, 0.25) is 0 Å². The van der Waals surface area contributed by atoms with Crippen LogP contribution >= 0.6 is 0 Å². The first-order valence-electron chi connectivity index (χ1n) is 6.29. The maximum atomic E-state index is 12.0. The normalized spacial score (nSPS) is 12.6. The van der Waals surface area contributed by atoms with Gasteiger partial charge in [0.1, 0.15) is 6.61 Å². The predicted molar refractivity (Wildman–Crippen MR) is 73.4 cm³/mol. The summed E-state index contributed by atoms with van der Waals surface area (Å²) in [4.78, 5) is 13.8. The molecule has 0 bridgehead atoms. The molecule has 3 nitrogen and oxygen atoms in total. The SMILES string of the molecule is COCC(=O)N(C)[C@H](c1ccccc1C)C(C)C. The third kappa shape index (κ3) is 3.33. The molecule has 0 spiro atoms. The Morgan fingerprint density at radius 3 is 2.44 bits per heavy atom. The predicted octanol–water partition coefficient (Wildman–Crippen LogP) is 2.80. The van der Waals surface area contributed by atoms with Gasteiger partial charge in [0, 0.05) is 14.2 Å². The molecule has 1 rings (SSSR count). The lowest BCUT2D eigenvalue weighted by atomic mass is 9.91. The monoisotopic (exact) mass is 249 g/mol. The first kappa shape index (κ1) is 14.7. The summed E-state index contributed by atoms with van der Waals surface area (Å²) >= 11 is 0. The van der Waals surface area contributed by atoms with Crippen molar-refractivity contribution in [2.75, 3.05) is 20.8 Å². The average Bonchev–Trinajstić information content (AvgIpc) is 2.31. The summed E-state index contributed by atoms with van der Waals surface area (Å²) in [6, 6.07) is 8.31. The Balaban J connectivity index is 3.04. The van der Waals surface area contributed by atoms with E-state index in [9.17, 15) is 4.79 Å². The Kier molecular flexibility index (Phi) is 5.35. The van der Waals surface area contributed by atoms with Gasteiger partial charge in [-0.25, -0.2) is 0 Å². The number of likely N-dealkylation sites (N-methyl/N-ethyl adjacent to an activating group) is 1. The molecule has 0 aliphatic heterocycles. The molecule has 100 valence electrons. The summed E-state index contributed by atoms with van der Waals surface area (Å²) in [7, 11) is 3.39. The molecule has 0 saturated heterocycles. The highest BCUT2D eigenvalue weighted by Gasteiger charge is 2.25. The molecule has 0 aromatic heterocycles. The van der Waals surface area contributed by atoms with E-state index in [-0.39, 0.29) is 18.6 Å². The van der Waals surface area contributed by atoms with Crippen molar-refractivity contribution in [3.8, 4) is 0 Å². The van der Waals surface area contributed by atoms with Crippen LogP contribution in [-0.4, -0.2) is 31.6 Å². The zero-order valence-corrected chi connectivity index (χ0v) is 11.9. The van der Waals surface area contributed by atoms with Gasteiger partial charge in [-0.05, 0) is 24.0 Å². The summed E-state index contributed by atoms with van der Waals surface area (Å²) in [5.74, 6) is 0.372. The average molecular weight is 249 g/mol. The van der Waals surface area contributed by atoms with Gasteiger partial charge in [0.25, 0.3) is 0 Å². The molecule has 3 heteroatoms. The van der Waals surface area contributed by atoms with E-state index in [2.05, 4.69) is 32.9 Å².